The zero-order valence-corrected chi connectivity index (χ0v) is 13.6. The van der Waals surface area contributed by atoms with Crippen LogP contribution in [0.1, 0.15) is 46.0 Å². The first-order valence-electron chi connectivity index (χ1n) is 8.19. The van der Waals surface area contributed by atoms with E-state index in [1.165, 1.54) is 25.7 Å². The summed E-state index contributed by atoms with van der Waals surface area (Å²) in [5.74, 6) is 0.954. The van der Waals surface area contributed by atoms with Crippen LogP contribution in [-0.2, 0) is 4.79 Å². The van der Waals surface area contributed by atoms with Gasteiger partial charge >= 0.3 is 0 Å². The maximum Gasteiger partial charge on any atom is 0.223 e. The summed E-state index contributed by atoms with van der Waals surface area (Å²) in [6, 6.07) is 1.67. The Morgan fingerprint density at radius 1 is 1.25 bits per heavy atom. The Balaban J connectivity index is 1.85. The van der Waals surface area contributed by atoms with Crippen molar-refractivity contribution in [3.63, 3.8) is 0 Å². The van der Waals surface area contributed by atoms with Gasteiger partial charge in [0.25, 0.3) is 0 Å². The molecule has 2 rings (SSSR count). The molecule has 0 aliphatic carbocycles. The van der Waals surface area contributed by atoms with E-state index in [1.807, 2.05) is 0 Å². The van der Waals surface area contributed by atoms with Crippen LogP contribution in [0.25, 0.3) is 0 Å². The molecule has 0 aromatic heterocycles. The first-order chi connectivity index (χ1) is 9.49. The molecular weight excluding hydrogens is 250 g/mol. The van der Waals surface area contributed by atoms with E-state index in [0.29, 0.717) is 30.0 Å². The van der Waals surface area contributed by atoms with Crippen molar-refractivity contribution in [1.29, 1.82) is 0 Å². The number of carbonyl (C=O) groups excluding carboxylic acids is 1. The minimum absolute atomic E-state index is 0.306. The maximum absolute atomic E-state index is 12.6. The topological polar surface area (TPSA) is 35.6 Å². The third-order valence-corrected chi connectivity index (χ3v) is 4.86. The lowest BCUT2D eigenvalue weighted by Crippen LogP contribution is -2.45. The number of piperidine rings is 1. The number of nitrogens with one attached hydrogen (secondary N) is 1. The largest absolute Gasteiger partial charge is 0.339 e. The van der Waals surface area contributed by atoms with Gasteiger partial charge in [0.05, 0.1) is 0 Å². The van der Waals surface area contributed by atoms with Crippen LogP contribution in [-0.4, -0.2) is 61.0 Å². The van der Waals surface area contributed by atoms with Gasteiger partial charge in [0.2, 0.25) is 5.91 Å². The van der Waals surface area contributed by atoms with Gasteiger partial charge in [-0.05, 0) is 59.5 Å². The van der Waals surface area contributed by atoms with Crippen LogP contribution in [0, 0.1) is 5.92 Å². The van der Waals surface area contributed by atoms with Crippen LogP contribution < -0.4 is 5.32 Å². The predicted molar refractivity (Wildman–Crippen MR) is 82.7 cm³/mol. The average molecular weight is 281 g/mol. The quantitative estimate of drug-likeness (QED) is 0.805. The van der Waals surface area contributed by atoms with Gasteiger partial charge in [0.15, 0.2) is 0 Å². The van der Waals surface area contributed by atoms with Crippen LogP contribution in [0.4, 0.5) is 0 Å². The van der Waals surface area contributed by atoms with Crippen molar-refractivity contribution < 1.29 is 4.79 Å². The number of hydrogen-bond donors (Lipinski definition) is 1. The molecule has 1 N–H and O–H groups in total. The Morgan fingerprint density at radius 2 is 1.85 bits per heavy atom. The summed E-state index contributed by atoms with van der Waals surface area (Å²) in [6.45, 7) is 6.02. The van der Waals surface area contributed by atoms with Crippen LogP contribution >= 0.6 is 0 Å². The third-order valence-electron chi connectivity index (χ3n) is 4.86. The Morgan fingerprint density at radius 3 is 2.35 bits per heavy atom. The smallest absolute Gasteiger partial charge is 0.223 e. The first-order valence-corrected chi connectivity index (χ1v) is 8.19. The van der Waals surface area contributed by atoms with Gasteiger partial charge in [-0.2, -0.15) is 0 Å². The second-order valence-corrected chi connectivity index (χ2v) is 6.97. The summed E-state index contributed by atoms with van der Waals surface area (Å²) >= 11 is 0. The monoisotopic (exact) mass is 281 g/mol. The highest BCUT2D eigenvalue weighted by molar-refractivity contribution is 5.76. The van der Waals surface area contributed by atoms with Gasteiger partial charge in [0.1, 0.15) is 0 Å². The van der Waals surface area contributed by atoms with Gasteiger partial charge in [-0.15, -0.1) is 0 Å². The fourth-order valence-corrected chi connectivity index (χ4v) is 4.07. The molecule has 4 nitrogen and oxygen atoms in total. The molecule has 2 fully saturated rings. The summed E-state index contributed by atoms with van der Waals surface area (Å²) in [6.07, 6.45) is 5.76. The number of amides is 1. The first kappa shape index (κ1) is 15.8. The minimum atomic E-state index is 0.306. The van der Waals surface area contributed by atoms with E-state index in [4.69, 9.17) is 0 Å². The van der Waals surface area contributed by atoms with E-state index >= 15 is 0 Å². The van der Waals surface area contributed by atoms with Crippen molar-refractivity contribution in [3.8, 4) is 0 Å². The van der Waals surface area contributed by atoms with E-state index in [2.05, 4.69) is 43.1 Å². The molecule has 0 aromatic carbocycles. The van der Waals surface area contributed by atoms with E-state index < -0.39 is 0 Å². The van der Waals surface area contributed by atoms with Crippen LogP contribution in [0.15, 0.2) is 0 Å². The van der Waals surface area contributed by atoms with Gasteiger partial charge < -0.3 is 15.1 Å². The van der Waals surface area contributed by atoms with E-state index in [1.54, 1.807) is 0 Å². The van der Waals surface area contributed by atoms with Crippen LogP contribution in [0.2, 0.25) is 0 Å². The zero-order chi connectivity index (χ0) is 14.7. The molecule has 2 bridgehead atoms. The number of carbonyl (C=O) groups is 1. The Hall–Kier alpha value is -0.610. The average Bonchev–Trinajstić information content (AvgIpc) is 2.68. The molecule has 2 saturated heterocycles. The molecule has 3 atom stereocenters. The number of likely N-dealkylation sites (N-methyl/N-ethyl adjacent to an activating group) is 2. The Bertz CT molecular complexity index is 320. The lowest BCUT2D eigenvalue weighted by molar-refractivity contribution is -0.134. The highest BCUT2D eigenvalue weighted by Crippen LogP contribution is 2.33. The van der Waals surface area contributed by atoms with E-state index in [9.17, 15) is 4.79 Å². The lowest BCUT2D eigenvalue weighted by atomic mass is 9.89. The summed E-state index contributed by atoms with van der Waals surface area (Å²) in [5, 5.41) is 3.65. The summed E-state index contributed by atoms with van der Waals surface area (Å²) in [4.78, 5) is 16.8. The van der Waals surface area contributed by atoms with E-state index in [-0.39, 0.29) is 0 Å². The number of rotatable bonds is 6. The molecule has 0 radical (unpaired) electrons. The summed E-state index contributed by atoms with van der Waals surface area (Å²) in [7, 11) is 4.14. The second kappa shape index (κ2) is 6.90. The molecule has 0 aromatic rings. The maximum atomic E-state index is 12.6. The lowest BCUT2D eigenvalue weighted by Gasteiger charge is -2.33. The molecule has 2 aliphatic rings. The SMILES string of the molecule is CCN(C(=O)CC1CC2CCC(C1)N2)C(C)CN(C)C. The van der Waals surface area contributed by atoms with Gasteiger partial charge in [-0.25, -0.2) is 0 Å². The Kier molecular flexibility index (Phi) is 5.44. The highest BCUT2D eigenvalue weighted by atomic mass is 16.2. The van der Waals surface area contributed by atoms with Crippen LogP contribution in [0.5, 0.6) is 0 Å². The minimum Gasteiger partial charge on any atom is -0.339 e. The molecule has 0 spiro atoms. The number of fused-ring (bicyclic) bond motifs is 2. The second-order valence-electron chi connectivity index (χ2n) is 6.97. The predicted octanol–water partition coefficient (Wildman–Crippen LogP) is 1.71. The molecule has 2 aliphatic heterocycles. The molecule has 3 unspecified atom stereocenters. The highest BCUT2D eigenvalue weighted by Gasteiger charge is 2.35. The van der Waals surface area contributed by atoms with Gasteiger partial charge in [0, 0.05) is 37.6 Å². The molecule has 1 amide bonds. The van der Waals surface area contributed by atoms with Crippen molar-refractivity contribution in [2.24, 2.45) is 5.92 Å². The van der Waals surface area contributed by atoms with Crippen molar-refractivity contribution in [2.45, 2.75) is 64.1 Å². The van der Waals surface area contributed by atoms with Crippen molar-refractivity contribution >= 4 is 5.91 Å². The molecule has 20 heavy (non-hydrogen) atoms. The van der Waals surface area contributed by atoms with Crippen molar-refractivity contribution in [3.05, 3.63) is 0 Å². The van der Waals surface area contributed by atoms with E-state index in [0.717, 1.165) is 19.5 Å². The fraction of sp³-hybridized carbons (Fsp3) is 0.938. The van der Waals surface area contributed by atoms with Crippen molar-refractivity contribution in [2.75, 3.05) is 27.2 Å². The fourth-order valence-electron chi connectivity index (χ4n) is 4.07. The molecule has 4 heteroatoms. The Labute approximate surface area is 123 Å². The number of hydrogen-bond acceptors (Lipinski definition) is 3. The standard InChI is InChI=1S/C16H31N3O/c1-5-19(12(2)11-18(3)4)16(20)10-13-8-14-6-7-15(9-13)17-14/h12-15,17H,5-11H2,1-4H3. The molecule has 116 valence electrons. The van der Waals surface area contributed by atoms with Gasteiger partial charge in [-0.1, -0.05) is 0 Å². The molecule has 2 heterocycles. The normalized spacial score (nSPS) is 30.6. The zero-order valence-electron chi connectivity index (χ0n) is 13.6. The van der Waals surface area contributed by atoms with Crippen LogP contribution in [0.3, 0.4) is 0 Å². The summed E-state index contributed by atoms with van der Waals surface area (Å²) < 4.78 is 0. The summed E-state index contributed by atoms with van der Waals surface area (Å²) in [5.41, 5.74) is 0. The molecule has 0 saturated carbocycles. The van der Waals surface area contributed by atoms with Gasteiger partial charge in [-0.3, -0.25) is 4.79 Å². The number of nitrogens with zero attached hydrogens (tertiary/aromatic N) is 2. The van der Waals surface area contributed by atoms with Crippen molar-refractivity contribution in [1.82, 2.24) is 15.1 Å². The molecular formula is C16H31N3O. The third kappa shape index (κ3) is 3.95.